The van der Waals surface area contributed by atoms with Crippen LogP contribution >= 0.6 is 0 Å². The number of rotatable bonds is 1. The Morgan fingerprint density at radius 1 is 1.10 bits per heavy atom. The molecule has 154 valence electrons. The molecule has 1 aromatic carbocycles. The lowest BCUT2D eigenvalue weighted by atomic mass is 10.1. The van der Waals surface area contributed by atoms with E-state index in [-0.39, 0.29) is 12.5 Å². The summed E-state index contributed by atoms with van der Waals surface area (Å²) in [5.41, 5.74) is 4.53. The van der Waals surface area contributed by atoms with Gasteiger partial charge >= 0.3 is 0 Å². The molecule has 3 aromatic rings. The average Bonchev–Trinajstić information content (AvgIpc) is 2.77. The van der Waals surface area contributed by atoms with E-state index >= 15 is 0 Å². The van der Waals surface area contributed by atoms with Crippen LogP contribution in [-0.2, 0) is 17.8 Å². The summed E-state index contributed by atoms with van der Waals surface area (Å²) in [5, 5.41) is 18.8. The second-order valence-corrected chi connectivity index (χ2v) is 7.14. The van der Waals surface area contributed by atoms with E-state index in [1.165, 1.54) is 0 Å². The lowest BCUT2D eigenvalue weighted by Crippen LogP contribution is -2.46. The molecule has 3 heterocycles. The highest BCUT2D eigenvalue weighted by molar-refractivity contribution is 5.81. The number of fused-ring (bicyclic) bond motifs is 7. The van der Waals surface area contributed by atoms with Gasteiger partial charge in [0, 0.05) is 42.4 Å². The van der Waals surface area contributed by atoms with Crippen molar-refractivity contribution >= 4 is 17.5 Å². The lowest BCUT2D eigenvalue weighted by molar-refractivity contribution is -0.124. The van der Waals surface area contributed by atoms with Crippen molar-refractivity contribution in [1.82, 2.24) is 25.6 Å². The van der Waals surface area contributed by atoms with Gasteiger partial charge < -0.3 is 15.7 Å². The fourth-order valence-electron chi connectivity index (χ4n) is 3.33. The molecule has 0 saturated heterocycles. The average molecular weight is 404 g/mol. The van der Waals surface area contributed by atoms with Gasteiger partial charge in [-0.3, -0.25) is 15.1 Å². The molecule has 6 bridgehead atoms. The van der Waals surface area contributed by atoms with Gasteiger partial charge in [-0.1, -0.05) is 12.1 Å². The van der Waals surface area contributed by atoms with Gasteiger partial charge in [-0.25, -0.2) is 9.97 Å². The Balaban J connectivity index is 1.65. The SMILES string of the molecule is O=C1NCCCc2cc(ccn2)-c2ccnc(n2)Nc2cccc(c2)CN[C@H]1CO. The van der Waals surface area contributed by atoms with Crippen LogP contribution in [0.3, 0.4) is 0 Å². The fraction of sp³-hybridized carbons (Fsp3) is 0.273. The van der Waals surface area contributed by atoms with E-state index in [4.69, 9.17) is 0 Å². The maximum atomic E-state index is 12.4. The molecule has 0 fully saturated rings. The van der Waals surface area contributed by atoms with E-state index in [2.05, 4.69) is 30.9 Å². The molecule has 30 heavy (non-hydrogen) atoms. The summed E-state index contributed by atoms with van der Waals surface area (Å²) in [6.07, 6.45) is 4.98. The van der Waals surface area contributed by atoms with E-state index in [0.717, 1.165) is 41.0 Å². The maximum absolute atomic E-state index is 12.4. The highest BCUT2D eigenvalue weighted by atomic mass is 16.3. The smallest absolute Gasteiger partial charge is 0.239 e. The van der Waals surface area contributed by atoms with Crippen molar-refractivity contribution in [3.8, 4) is 11.3 Å². The van der Waals surface area contributed by atoms with Crippen LogP contribution in [0.1, 0.15) is 17.7 Å². The Labute approximate surface area is 174 Å². The minimum atomic E-state index is -0.665. The Hall–Kier alpha value is -3.36. The van der Waals surface area contributed by atoms with Gasteiger partial charge in [0.2, 0.25) is 11.9 Å². The third-order valence-electron chi connectivity index (χ3n) is 4.91. The van der Waals surface area contributed by atoms with Crippen molar-refractivity contribution in [2.24, 2.45) is 0 Å². The summed E-state index contributed by atoms with van der Waals surface area (Å²) in [7, 11) is 0. The first kappa shape index (κ1) is 19.9. The maximum Gasteiger partial charge on any atom is 0.239 e. The number of aliphatic hydroxyl groups is 1. The molecule has 1 aliphatic heterocycles. The van der Waals surface area contributed by atoms with Crippen molar-refractivity contribution in [1.29, 1.82) is 0 Å². The monoisotopic (exact) mass is 404 g/mol. The van der Waals surface area contributed by atoms with Gasteiger partial charge in [0.25, 0.3) is 0 Å². The quantitative estimate of drug-likeness (QED) is 0.489. The molecule has 1 atom stereocenters. The molecule has 0 radical (unpaired) electrons. The summed E-state index contributed by atoms with van der Waals surface area (Å²) in [6.45, 7) is 0.692. The third-order valence-corrected chi connectivity index (χ3v) is 4.91. The molecule has 8 heteroatoms. The van der Waals surface area contributed by atoms with Gasteiger partial charge in [-0.05, 0) is 48.7 Å². The minimum Gasteiger partial charge on any atom is -0.394 e. The van der Waals surface area contributed by atoms with E-state index in [1.54, 1.807) is 12.4 Å². The van der Waals surface area contributed by atoms with Gasteiger partial charge in [0.05, 0.1) is 12.3 Å². The molecule has 0 unspecified atom stereocenters. The van der Waals surface area contributed by atoms with E-state index in [1.807, 2.05) is 42.5 Å². The summed E-state index contributed by atoms with van der Waals surface area (Å²) < 4.78 is 0. The van der Waals surface area contributed by atoms with E-state index < -0.39 is 6.04 Å². The number of nitrogens with zero attached hydrogens (tertiary/aromatic N) is 3. The third kappa shape index (κ3) is 4.97. The molecular formula is C22H24N6O2. The number of aromatic nitrogens is 3. The molecule has 0 spiro atoms. The lowest BCUT2D eigenvalue weighted by Gasteiger charge is -2.17. The standard InChI is InChI=1S/C22H24N6O2/c29-14-20-21(30)24-8-2-5-17-12-16(6-9-23-17)19-7-10-25-22(28-19)27-18-4-1-3-15(11-18)13-26-20/h1,3-4,6-7,9-12,20,26,29H,2,5,8,13-14H2,(H,24,30)(H,25,27,28)/t20-/m0/s1. The molecule has 1 aliphatic rings. The van der Waals surface area contributed by atoms with Crippen LogP contribution in [0.2, 0.25) is 0 Å². The van der Waals surface area contributed by atoms with Crippen molar-refractivity contribution in [2.75, 3.05) is 18.5 Å². The zero-order valence-electron chi connectivity index (χ0n) is 16.5. The first-order valence-corrected chi connectivity index (χ1v) is 9.97. The number of aliphatic hydroxyl groups excluding tert-OH is 1. The summed E-state index contributed by atoms with van der Waals surface area (Å²) in [4.78, 5) is 25.8. The van der Waals surface area contributed by atoms with Crippen LogP contribution < -0.4 is 16.0 Å². The Kier molecular flexibility index (Phi) is 6.26. The van der Waals surface area contributed by atoms with E-state index in [0.29, 0.717) is 19.0 Å². The number of aryl methyl sites for hydroxylation is 1. The molecule has 0 saturated carbocycles. The number of benzene rings is 1. The van der Waals surface area contributed by atoms with Crippen LogP contribution in [0, 0.1) is 0 Å². The summed E-state index contributed by atoms with van der Waals surface area (Å²) >= 11 is 0. The number of hydrogen-bond acceptors (Lipinski definition) is 7. The molecule has 0 aliphatic carbocycles. The van der Waals surface area contributed by atoms with Gasteiger partial charge in [-0.2, -0.15) is 0 Å². The Morgan fingerprint density at radius 2 is 2.00 bits per heavy atom. The molecule has 8 nitrogen and oxygen atoms in total. The van der Waals surface area contributed by atoms with Crippen molar-refractivity contribution in [2.45, 2.75) is 25.4 Å². The normalized spacial score (nSPS) is 17.2. The highest BCUT2D eigenvalue weighted by Gasteiger charge is 2.16. The van der Waals surface area contributed by atoms with Crippen molar-refractivity contribution in [3.05, 3.63) is 66.1 Å². The number of carbonyl (C=O) groups is 1. The molecule has 1 amide bonds. The molecular weight excluding hydrogens is 380 g/mol. The highest BCUT2D eigenvalue weighted by Crippen LogP contribution is 2.21. The zero-order chi connectivity index (χ0) is 20.8. The number of carbonyl (C=O) groups excluding carboxylic acids is 1. The van der Waals surface area contributed by atoms with Gasteiger partial charge in [0.1, 0.15) is 6.04 Å². The number of nitrogens with one attached hydrogen (secondary N) is 3. The molecule has 2 aromatic heterocycles. The summed E-state index contributed by atoms with van der Waals surface area (Å²) in [6, 6.07) is 12.9. The Morgan fingerprint density at radius 3 is 2.90 bits per heavy atom. The number of anilines is 2. The Bertz CT molecular complexity index is 1030. The topological polar surface area (TPSA) is 112 Å². The predicted octanol–water partition coefficient (Wildman–Crippen LogP) is 1.80. The molecule has 4 N–H and O–H groups in total. The number of hydrogen-bond donors (Lipinski definition) is 4. The zero-order valence-corrected chi connectivity index (χ0v) is 16.5. The molecule has 4 rings (SSSR count). The predicted molar refractivity (Wildman–Crippen MR) is 114 cm³/mol. The van der Waals surface area contributed by atoms with Crippen molar-refractivity contribution < 1.29 is 9.90 Å². The van der Waals surface area contributed by atoms with Crippen LogP contribution in [0.4, 0.5) is 11.6 Å². The second-order valence-electron chi connectivity index (χ2n) is 7.14. The first-order chi connectivity index (χ1) is 14.7. The fourth-order valence-corrected chi connectivity index (χ4v) is 3.33. The van der Waals surface area contributed by atoms with Gasteiger partial charge in [0.15, 0.2) is 0 Å². The van der Waals surface area contributed by atoms with Crippen LogP contribution in [0.15, 0.2) is 54.9 Å². The number of pyridine rings is 1. The van der Waals surface area contributed by atoms with Crippen molar-refractivity contribution in [3.63, 3.8) is 0 Å². The second kappa shape index (κ2) is 9.43. The largest absolute Gasteiger partial charge is 0.394 e. The van der Waals surface area contributed by atoms with E-state index in [9.17, 15) is 9.90 Å². The van der Waals surface area contributed by atoms with Crippen LogP contribution in [0.5, 0.6) is 0 Å². The first-order valence-electron chi connectivity index (χ1n) is 9.97. The summed E-state index contributed by atoms with van der Waals surface area (Å²) in [5.74, 6) is 0.294. The number of amides is 1. The van der Waals surface area contributed by atoms with Crippen LogP contribution in [0.25, 0.3) is 11.3 Å². The van der Waals surface area contributed by atoms with Crippen LogP contribution in [-0.4, -0.2) is 45.2 Å². The minimum absolute atomic E-state index is 0.210. The van der Waals surface area contributed by atoms with Gasteiger partial charge in [-0.15, -0.1) is 0 Å².